The number of likely N-dealkylation sites (N-methyl/N-ethyl adjacent to an activating group) is 1. The molecule has 0 aromatic heterocycles. The number of aliphatic hydroxyl groups excluding tert-OH is 1. The molecule has 9 heteroatoms. The van der Waals surface area contributed by atoms with E-state index in [1.54, 1.807) is 24.9 Å². The number of hydrogen-bond acceptors (Lipinski definition) is 5. The van der Waals surface area contributed by atoms with E-state index in [-0.39, 0.29) is 36.0 Å². The van der Waals surface area contributed by atoms with Crippen LogP contribution in [-0.4, -0.2) is 73.7 Å². The lowest BCUT2D eigenvalue weighted by molar-refractivity contribution is 0.0809. The molecule has 2 amide bonds. The van der Waals surface area contributed by atoms with Gasteiger partial charge in [0.25, 0.3) is 0 Å². The van der Waals surface area contributed by atoms with Crippen molar-refractivity contribution < 1.29 is 23.1 Å². The monoisotopic (exact) mass is 479 g/mol. The third kappa shape index (κ3) is 5.70. The highest BCUT2D eigenvalue weighted by Crippen LogP contribution is 2.37. The number of ether oxygens (including phenoxy) is 1. The van der Waals surface area contributed by atoms with Crippen LogP contribution in [0.3, 0.4) is 0 Å². The highest BCUT2D eigenvalue weighted by molar-refractivity contribution is 7.89. The molecule has 0 bridgehead atoms. The number of amides is 2. The van der Waals surface area contributed by atoms with Crippen LogP contribution < -0.4 is 10.1 Å². The normalized spacial score (nSPS) is 23.7. The Balaban J connectivity index is 2.02. The Morgan fingerprint density at radius 2 is 2.06 bits per heavy atom. The predicted octanol–water partition coefficient (Wildman–Crippen LogP) is 3.07. The molecule has 0 unspecified atom stereocenters. The van der Waals surface area contributed by atoms with E-state index in [4.69, 9.17) is 4.74 Å². The molecule has 3 rings (SSSR count). The van der Waals surface area contributed by atoms with Gasteiger partial charge in [-0.15, -0.1) is 0 Å². The first-order chi connectivity index (χ1) is 15.5. The van der Waals surface area contributed by atoms with Gasteiger partial charge < -0.3 is 20.1 Å². The molecule has 1 aromatic rings. The number of urea groups is 1. The number of allylic oxidation sites excluding steroid dienone is 2. The summed E-state index contributed by atoms with van der Waals surface area (Å²) in [6, 6.07) is 4.47. The van der Waals surface area contributed by atoms with E-state index < -0.39 is 22.2 Å². The Bertz CT molecular complexity index is 992. The zero-order chi connectivity index (χ0) is 24.3. The van der Waals surface area contributed by atoms with Crippen molar-refractivity contribution in [2.75, 3.05) is 26.7 Å². The van der Waals surface area contributed by atoms with Gasteiger partial charge >= 0.3 is 6.03 Å². The lowest BCUT2D eigenvalue weighted by atomic mass is 10.0. The first kappa shape index (κ1) is 25.5. The van der Waals surface area contributed by atoms with Crippen LogP contribution in [0.4, 0.5) is 4.79 Å². The summed E-state index contributed by atoms with van der Waals surface area (Å²) in [5.41, 5.74) is 2.15. The molecule has 33 heavy (non-hydrogen) atoms. The molecule has 8 nitrogen and oxygen atoms in total. The SMILES string of the molecule is CC(C)NC(=O)N(C)C[C@@H]1Oc2cc(C3=CCCC3)ccc2S(=O)(=O)N([C@H](C)CO)C[C@H]1C. The molecule has 1 heterocycles. The van der Waals surface area contributed by atoms with E-state index in [0.29, 0.717) is 12.3 Å². The number of fused-ring (bicyclic) bond motifs is 1. The van der Waals surface area contributed by atoms with Crippen LogP contribution in [0.25, 0.3) is 5.57 Å². The number of nitrogens with one attached hydrogen (secondary N) is 1. The zero-order valence-corrected chi connectivity index (χ0v) is 21.1. The standard InChI is InChI=1S/C24H37N3O5S/c1-16(2)25-24(29)26(5)14-22-17(3)13-27(18(4)15-28)33(30,31)23-11-10-20(12-21(23)32-22)19-8-6-7-9-19/h8,10-12,16-18,22,28H,6-7,9,13-15H2,1-5H3,(H,25,29)/t17-,18-,22+/m1/s1. The number of carbonyl (C=O) groups excluding carboxylic acids is 1. The van der Waals surface area contributed by atoms with E-state index in [1.807, 2.05) is 32.9 Å². The van der Waals surface area contributed by atoms with Gasteiger partial charge in [0.15, 0.2) is 0 Å². The Labute approximate surface area is 197 Å². The van der Waals surface area contributed by atoms with Gasteiger partial charge in [0.2, 0.25) is 10.0 Å². The number of nitrogens with zero attached hydrogens (tertiary/aromatic N) is 2. The maximum absolute atomic E-state index is 13.6. The highest BCUT2D eigenvalue weighted by Gasteiger charge is 2.38. The van der Waals surface area contributed by atoms with E-state index in [9.17, 15) is 18.3 Å². The second kappa shape index (κ2) is 10.4. The largest absolute Gasteiger partial charge is 0.487 e. The smallest absolute Gasteiger partial charge is 0.317 e. The number of aliphatic hydroxyl groups is 1. The minimum Gasteiger partial charge on any atom is -0.487 e. The first-order valence-corrected chi connectivity index (χ1v) is 13.1. The van der Waals surface area contributed by atoms with E-state index in [2.05, 4.69) is 11.4 Å². The van der Waals surface area contributed by atoms with E-state index >= 15 is 0 Å². The van der Waals surface area contributed by atoms with Crippen LogP contribution in [0.2, 0.25) is 0 Å². The summed E-state index contributed by atoms with van der Waals surface area (Å²) in [6.07, 6.45) is 4.81. The van der Waals surface area contributed by atoms with Crippen LogP contribution >= 0.6 is 0 Å². The van der Waals surface area contributed by atoms with Gasteiger partial charge in [-0.2, -0.15) is 4.31 Å². The maximum atomic E-state index is 13.6. The number of rotatable bonds is 6. The number of carbonyl (C=O) groups is 1. The van der Waals surface area contributed by atoms with Crippen molar-refractivity contribution in [3.63, 3.8) is 0 Å². The minimum absolute atomic E-state index is 0.00429. The van der Waals surface area contributed by atoms with E-state index in [0.717, 1.165) is 24.8 Å². The Hall–Kier alpha value is -2.10. The molecule has 0 saturated heterocycles. The molecule has 0 saturated carbocycles. The van der Waals surface area contributed by atoms with Crippen molar-refractivity contribution in [2.45, 2.75) is 70.0 Å². The lowest BCUT2D eigenvalue weighted by Gasteiger charge is -2.37. The molecule has 0 radical (unpaired) electrons. The molecular weight excluding hydrogens is 442 g/mol. The maximum Gasteiger partial charge on any atom is 0.317 e. The third-order valence-electron chi connectivity index (χ3n) is 6.29. The molecule has 0 fully saturated rings. The van der Waals surface area contributed by atoms with Crippen LogP contribution in [-0.2, 0) is 10.0 Å². The topological polar surface area (TPSA) is 99.2 Å². The Morgan fingerprint density at radius 3 is 2.67 bits per heavy atom. The summed E-state index contributed by atoms with van der Waals surface area (Å²) in [6.45, 7) is 7.61. The highest BCUT2D eigenvalue weighted by atomic mass is 32.2. The molecule has 1 aromatic carbocycles. The van der Waals surface area contributed by atoms with Crippen LogP contribution in [0.1, 0.15) is 52.5 Å². The first-order valence-electron chi connectivity index (χ1n) is 11.7. The van der Waals surface area contributed by atoms with Gasteiger partial charge in [-0.3, -0.25) is 0 Å². The van der Waals surface area contributed by atoms with Gasteiger partial charge in [-0.05, 0) is 63.3 Å². The number of sulfonamides is 1. The summed E-state index contributed by atoms with van der Waals surface area (Å²) < 4.78 is 34.8. The number of benzene rings is 1. The number of hydrogen-bond donors (Lipinski definition) is 2. The summed E-state index contributed by atoms with van der Waals surface area (Å²) >= 11 is 0. The second-order valence-electron chi connectivity index (χ2n) is 9.51. The van der Waals surface area contributed by atoms with Crippen molar-refractivity contribution in [3.05, 3.63) is 29.8 Å². The molecule has 2 N–H and O–H groups in total. The van der Waals surface area contributed by atoms with E-state index in [1.165, 1.54) is 9.88 Å². The van der Waals surface area contributed by atoms with Crippen molar-refractivity contribution >= 4 is 21.6 Å². The molecule has 1 aliphatic carbocycles. The Kier molecular flexibility index (Phi) is 8.08. The fraction of sp³-hybridized carbons (Fsp3) is 0.625. The Morgan fingerprint density at radius 1 is 1.33 bits per heavy atom. The zero-order valence-electron chi connectivity index (χ0n) is 20.2. The van der Waals surface area contributed by atoms with Gasteiger partial charge in [0.1, 0.15) is 16.7 Å². The quantitative estimate of drug-likeness (QED) is 0.653. The fourth-order valence-electron chi connectivity index (χ4n) is 4.29. The van der Waals surface area contributed by atoms with Crippen LogP contribution in [0.15, 0.2) is 29.2 Å². The molecule has 1 aliphatic heterocycles. The summed E-state index contributed by atoms with van der Waals surface area (Å²) in [5.74, 6) is 0.0789. The van der Waals surface area contributed by atoms with Crippen molar-refractivity contribution in [3.8, 4) is 5.75 Å². The van der Waals surface area contributed by atoms with Gasteiger partial charge in [-0.25, -0.2) is 13.2 Å². The van der Waals surface area contributed by atoms with Gasteiger partial charge in [0.05, 0.1) is 13.2 Å². The minimum atomic E-state index is -3.88. The molecule has 3 atom stereocenters. The van der Waals surface area contributed by atoms with Crippen molar-refractivity contribution in [1.29, 1.82) is 0 Å². The fourth-order valence-corrected chi connectivity index (χ4v) is 6.11. The summed E-state index contributed by atoms with van der Waals surface area (Å²) in [5, 5.41) is 12.6. The average Bonchev–Trinajstić information content (AvgIpc) is 3.29. The second-order valence-corrected chi connectivity index (χ2v) is 11.4. The summed E-state index contributed by atoms with van der Waals surface area (Å²) in [4.78, 5) is 14.2. The van der Waals surface area contributed by atoms with Crippen molar-refractivity contribution in [1.82, 2.24) is 14.5 Å². The van der Waals surface area contributed by atoms with Crippen LogP contribution in [0.5, 0.6) is 5.75 Å². The molecule has 0 spiro atoms. The summed E-state index contributed by atoms with van der Waals surface area (Å²) in [7, 11) is -2.17. The molecule has 2 aliphatic rings. The molecular formula is C24H37N3O5S. The third-order valence-corrected chi connectivity index (χ3v) is 8.31. The lowest BCUT2D eigenvalue weighted by Crippen LogP contribution is -2.51. The van der Waals surface area contributed by atoms with Crippen LogP contribution in [0, 0.1) is 5.92 Å². The average molecular weight is 480 g/mol. The van der Waals surface area contributed by atoms with Crippen molar-refractivity contribution in [2.24, 2.45) is 5.92 Å². The van der Waals surface area contributed by atoms with Gasteiger partial charge in [0, 0.05) is 31.6 Å². The predicted molar refractivity (Wildman–Crippen MR) is 129 cm³/mol. The van der Waals surface area contributed by atoms with Gasteiger partial charge in [-0.1, -0.05) is 19.1 Å². The molecule has 184 valence electrons.